The second-order valence-electron chi connectivity index (χ2n) is 7.55. The number of nitriles is 1. The highest BCUT2D eigenvalue weighted by atomic mass is 35.5. The van der Waals surface area contributed by atoms with E-state index >= 15 is 0 Å². The lowest BCUT2D eigenvalue weighted by atomic mass is 10.1. The Morgan fingerprint density at radius 1 is 1.03 bits per heavy atom. The monoisotopic (exact) mass is 452 g/mol. The third kappa shape index (κ3) is 5.23. The fourth-order valence-electron chi connectivity index (χ4n) is 3.48. The Kier molecular flexibility index (Phi) is 6.73. The molecule has 0 aliphatic heterocycles. The normalized spacial score (nSPS) is 11.1. The molecule has 0 aliphatic rings. The highest BCUT2D eigenvalue weighted by Gasteiger charge is 2.12. The number of aryl methyl sites for hydroxylation is 1. The maximum absolute atomic E-state index is 12.7. The van der Waals surface area contributed by atoms with Crippen LogP contribution in [0, 0.1) is 18.3 Å². The predicted molar refractivity (Wildman–Crippen MR) is 133 cm³/mol. The number of para-hydroxylation sites is 1. The van der Waals surface area contributed by atoms with Crippen LogP contribution in [0.4, 0.5) is 5.69 Å². The molecule has 5 heteroatoms. The molecule has 0 heterocycles. The number of anilines is 1. The number of carbonyl (C=O) groups excluding carboxylic acids is 1. The fourth-order valence-corrected chi connectivity index (χ4v) is 3.66. The molecule has 0 fully saturated rings. The molecule has 0 unspecified atom stereocenters. The van der Waals surface area contributed by atoms with Crippen LogP contribution in [-0.2, 0) is 11.4 Å². The first-order chi connectivity index (χ1) is 16.0. The minimum absolute atomic E-state index is 0.0343. The van der Waals surface area contributed by atoms with Crippen LogP contribution >= 0.6 is 11.6 Å². The maximum atomic E-state index is 12.7. The molecular weight excluding hydrogens is 432 g/mol. The lowest BCUT2D eigenvalue weighted by molar-refractivity contribution is -0.112. The molecule has 4 rings (SSSR count). The number of nitrogens with zero attached hydrogens (tertiary/aromatic N) is 1. The minimum atomic E-state index is -0.513. The summed E-state index contributed by atoms with van der Waals surface area (Å²) in [5.74, 6) is 0.0747. The Labute approximate surface area is 197 Å². The van der Waals surface area contributed by atoms with Crippen LogP contribution in [0.2, 0.25) is 5.02 Å². The highest BCUT2D eigenvalue weighted by molar-refractivity contribution is 6.31. The van der Waals surface area contributed by atoms with Crippen molar-refractivity contribution in [1.29, 1.82) is 5.26 Å². The molecule has 0 radical (unpaired) electrons. The summed E-state index contributed by atoms with van der Waals surface area (Å²) < 4.78 is 6.10. The van der Waals surface area contributed by atoms with E-state index in [2.05, 4.69) is 23.5 Å². The Morgan fingerprint density at radius 3 is 2.61 bits per heavy atom. The molecule has 162 valence electrons. The fraction of sp³-hybridized carbons (Fsp3) is 0.0714. The van der Waals surface area contributed by atoms with E-state index in [1.54, 1.807) is 12.1 Å². The van der Waals surface area contributed by atoms with Crippen molar-refractivity contribution in [3.05, 3.63) is 112 Å². The summed E-state index contributed by atoms with van der Waals surface area (Å²) in [7, 11) is 0. The van der Waals surface area contributed by atoms with Crippen LogP contribution in [0.1, 0.15) is 16.7 Å². The van der Waals surface area contributed by atoms with E-state index in [-0.39, 0.29) is 5.57 Å². The van der Waals surface area contributed by atoms with Crippen LogP contribution in [0.15, 0.2) is 90.5 Å². The lowest BCUT2D eigenvalue weighted by Crippen LogP contribution is -2.13. The Morgan fingerprint density at radius 2 is 1.79 bits per heavy atom. The number of nitrogens with one attached hydrogen (secondary N) is 1. The van der Waals surface area contributed by atoms with Crippen molar-refractivity contribution in [2.45, 2.75) is 13.5 Å². The number of amides is 1. The molecule has 0 aromatic heterocycles. The molecule has 0 spiro atoms. The first-order valence-electron chi connectivity index (χ1n) is 10.4. The molecule has 4 nitrogen and oxygen atoms in total. The van der Waals surface area contributed by atoms with Gasteiger partial charge in [-0.3, -0.25) is 4.79 Å². The predicted octanol–water partition coefficient (Wildman–Crippen LogP) is 6.93. The van der Waals surface area contributed by atoms with Gasteiger partial charge in [-0.1, -0.05) is 78.3 Å². The van der Waals surface area contributed by atoms with Gasteiger partial charge in [0.1, 0.15) is 24.0 Å². The zero-order chi connectivity index (χ0) is 23.2. The summed E-state index contributed by atoms with van der Waals surface area (Å²) in [6.45, 7) is 2.24. The summed E-state index contributed by atoms with van der Waals surface area (Å²) in [6, 6.07) is 28.8. The van der Waals surface area contributed by atoms with Gasteiger partial charge in [0.05, 0.1) is 0 Å². The molecular formula is C28H21ClN2O2. The zero-order valence-corrected chi connectivity index (χ0v) is 18.8. The van der Waals surface area contributed by atoms with E-state index in [0.717, 1.165) is 21.9 Å². The van der Waals surface area contributed by atoms with Crippen molar-refractivity contribution in [2.24, 2.45) is 0 Å². The van der Waals surface area contributed by atoms with Gasteiger partial charge >= 0.3 is 0 Å². The quantitative estimate of drug-likeness (QED) is 0.255. The van der Waals surface area contributed by atoms with E-state index in [0.29, 0.717) is 28.6 Å². The number of benzene rings is 4. The number of carbonyl (C=O) groups is 1. The van der Waals surface area contributed by atoms with Crippen LogP contribution in [0.3, 0.4) is 0 Å². The molecule has 0 saturated heterocycles. The van der Waals surface area contributed by atoms with E-state index in [9.17, 15) is 10.1 Å². The van der Waals surface area contributed by atoms with Crippen LogP contribution < -0.4 is 10.1 Å². The first kappa shape index (κ1) is 22.1. The van der Waals surface area contributed by atoms with Crippen molar-refractivity contribution in [3.8, 4) is 11.8 Å². The van der Waals surface area contributed by atoms with Gasteiger partial charge in [0.15, 0.2) is 0 Å². The summed E-state index contributed by atoms with van der Waals surface area (Å²) in [4.78, 5) is 12.7. The third-order valence-corrected chi connectivity index (χ3v) is 5.68. The van der Waals surface area contributed by atoms with Crippen molar-refractivity contribution in [2.75, 3.05) is 5.32 Å². The third-order valence-electron chi connectivity index (χ3n) is 5.28. The second-order valence-corrected chi connectivity index (χ2v) is 7.96. The van der Waals surface area contributed by atoms with Gasteiger partial charge in [-0.15, -0.1) is 0 Å². The number of fused-ring (bicyclic) bond motifs is 1. The van der Waals surface area contributed by atoms with Gasteiger partial charge in [0, 0.05) is 16.3 Å². The standard InChI is InChI=1S/C28H21ClN2O2/c1-19-13-14-24(16-26(19)29)31-28(32)23(17-30)15-21-8-3-5-12-27(21)33-18-22-10-6-9-20-7-2-4-11-25(20)22/h2-16H,18H2,1H3,(H,31,32)/b23-15-. The average Bonchev–Trinajstić information content (AvgIpc) is 2.84. The number of hydrogen-bond donors (Lipinski definition) is 1. The smallest absolute Gasteiger partial charge is 0.266 e. The van der Waals surface area contributed by atoms with Crippen LogP contribution in [0.25, 0.3) is 16.8 Å². The summed E-state index contributed by atoms with van der Waals surface area (Å²) in [5, 5.41) is 15.1. The second kappa shape index (κ2) is 10.0. The average molecular weight is 453 g/mol. The molecule has 1 amide bonds. The van der Waals surface area contributed by atoms with Crippen LogP contribution in [0.5, 0.6) is 5.75 Å². The number of rotatable bonds is 6. The van der Waals surface area contributed by atoms with E-state index in [4.69, 9.17) is 16.3 Å². The molecule has 0 saturated carbocycles. The van der Waals surface area contributed by atoms with Gasteiger partial charge in [0.25, 0.3) is 5.91 Å². The molecule has 0 aliphatic carbocycles. The van der Waals surface area contributed by atoms with Crippen molar-refractivity contribution in [3.63, 3.8) is 0 Å². The summed E-state index contributed by atoms with van der Waals surface area (Å²) in [6.07, 6.45) is 1.53. The Balaban J connectivity index is 1.55. The minimum Gasteiger partial charge on any atom is -0.488 e. The molecule has 0 atom stereocenters. The van der Waals surface area contributed by atoms with E-state index < -0.39 is 5.91 Å². The molecule has 4 aromatic carbocycles. The number of ether oxygens (including phenoxy) is 1. The molecule has 33 heavy (non-hydrogen) atoms. The van der Waals surface area contributed by atoms with E-state index in [1.165, 1.54) is 6.08 Å². The number of halogens is 1. The van der Waals surface area contributed by atoms with Gasteiger partial charge in [-0.25, -0.2) is 0 Å². The maximum Gasteiger partial charge on any atom is 0.266 e. The molecule has 0 bridgehead atoms. The lowest BCUT2D eigenvalue weighted by Gasteiger charge is -2.12. The summed E-state index contributed by atoms with van der Waals surface area (Å²) >= 11 is 6.14. The van der Waals surface area contributed by atoms with Gasteiger partial charge in [-0.05, 0) is 53.1 Å². The van der Waals surface area contributed by atoms with Crippen molar-refractivity contribution < 1.29 is 9.53 Å². The highest BCUT2D eigenvalue weighted by Crippen LogP contribution is 2.25. The largest absolute Gasteiger partial charge is 0.488 e. The van der Waals surface area contributed by atoms with Crippen molar-refractivity contribution in [1.82, 2.24) is 0 Å². The van der Waals surface area contributed by atoms with Crippen molar-refractivity contribution >= 4 is 40.0 Å². The first-order valence-corrected chi connectivity index (χ1v) is 10.8. The van der Waals surface area contributed by atoms with Gasteiger partial charge in [0.2, 0.25) is 0 Å². The molecule has 1 N–H and O–H groups in total. The van der Waals surface area contributed by atoms with Crippen LogP contribution in [-0.4, -0.2) is 5.91 Å². The van der Waals surface area contributed by atoms with E-state index in [1.807, 2.05) is 67.6 Å². The Bertz CT molecular complexity index is 1400. The zero-order valence-electron chi connectivity index (χ0n) is 18.0. The summed E-state index contributed by atoms with van der Waals surface area (Å²) in [5.41, 5.74) is 3.10. The molecule has 4 aromatic rings. The van der Waals surface area contributed by atoms with Gasteiger partial charge < -0.3 is 10.1 Å². The topological polar surface area (TPSA) is 62.1 Å². The van der Waals surface area contributed by atoms with Gasteiger partial charge in [-0.2, -0.15) is 5.26 Å². The Hall–Kier alpha value is -4.07. The SMILES string of the molecule is Cc1ccc(NC(=O)/C(C#N)=C\c2ccccc2OCc2cccc3ccccc23)cc1Cl. The number of hydrogen-bond acceptors (Lipinski definition) is 3.